The summed E-state index contributed by atoms with van der Waals surface area (Å²) in [5.41, 5.74) is 0.0562. The SMILES string of the molecule is O=C(O)C(=O)c1ccc(OC2CC2)c(Cl)c1. The largest absolute Gasteiger partial charge is 0.489 e. The van der Waals surface area contributed by atoms with Gasteiger partial charge in [-0.05, 0) is 31.0 Å². The van der Waals surface area contributed by atoms with Crippen LogP contribution in [0.4, 0.5) is 0 Å². The van der Waals surface area contributed by atoms with Gasteiger partial charge in [-0.3, -0.25) is 4.79 Å². The number of rotatable bonds is 4. The van der Waals surface area contributed by atoms with Crippen molar-refractivity contribution < 1.29 is 19.4 Å². The molecule has 1 fully saturated rings. The molecule has 2 rings (SSSR count). The van der Waals surface area contributed by atoms with Crippen molar-refractivity contribution in [3.63, 3.8) is 0 Å². The molecule has 0 atom stereocenters. The van der Waals surface area contributed by atoms with Crippen LogP contribution in [-0.2, 0) is 4.79 Å². The van der Waals surface area contributed by atoms with Crippen LogP contribution < -0.4 is 4.74 Å². The van der Waals surface area contributed by atoms with E-state index >= 15 is 0 Å². The van der Waals surface area contributed by atoms with Gasteiger partial charge in [-0.1, -0.05) is 11.6 Å². The van der Waals surface area contributed by atoms with E-state index in [0.29, 0.717) is 5.75 Å². The van der Waals surface area contributed by atoms with Crippen molar-refractivity contribution in [2.45, 2.75) is 18.9 Å². The third kappa shape index (κ3) is 2.33. The maximum Gasteiger partial charge on any atom is 0.377 e. The third-order valence-electron chi connectivity index (χ3n) is 2.21. The summed E-state index contributed by atoms with van der Waals surface area (Å²) in [6.07, 6.45) is 2.22. The van der Waals surface area contributed by atoms with Gasteiger partial charge in [0.1, 0.15) is 5.75 Å². The van der Waals surface area contributed by atoms with Crippen molar-refractivity contribution >= 4 is 23.4 Å². The number of Topliss-reactive ketones (excluding diaryl/α,β-unsaturated/α-hetero) is 1. The number of hydrogen-bond acceptors (Lipinski definition) is 3. The van der Waals surface area contributed by atoms with Crippen molar-refractivity contribution in [3.8, 4) is 5.75 Å². The maximum absolute atomic E-state index is 11.1. The summed E-state index contributed by atoms with van der Waals surface area (Å²) in [7, 11) is 0. The molecular formula is C11H9ClO4. The molecule has 1 N–H and O–H groups in total. The minimum absolute atomic E-state index is 0.0562. The lowest BCUT2D eigenvalue weighted by molar-refractivity contribution is -0.131. The summed E-state index contributed by atoms with van der Waals surface area (Å²) in [6.45, 7) is 0. The van der Waals surface area contributed by atoms with Crippen LogP contribution >= 0.6 is 11.6 Å². The highest BCUT2D eigenvalue weighted by atomic mass is 35.5. The second kappa shape index (κ2) is 4.14. The van der Waals surface area contributed by atoms with E-state index in [4.69, 9.17) is 21.4 Å². The van der Waals surface area contributed by atoms with E-state index < -0.39 is 11.8 Å². The van der Waals surface area contributed by atoms with Crippen LogP contribution in [0.15, 0.2) is 18.2 Å². The third-order valence-corrected chi connectivity index (χ3v) is 2.50. The Balaban J connectivity index is 2.20. The summed E-state index contributed by atoms with van der Waals surface area (Å²) in [5, 5.41) is 8.79. The van der Waals surface area contributed by atoms with Gasteiger partial charge in [0.25, 0.3) is 5.78 Å². The van der Waals surface area contributed by atoms with Gasteiger partial charge in [0.2, 0.25) is 0 Å². The van der Waals surface area contributed by atoms with Gasteiger partial charge in [0.05, 0.1) is 11.1 Å². The molecule has 0 amide bonds. The van der Waals surface area contributed by atoms with Gasteiger partial charge in [-0.25, -0.2) is 4.79 Å². The molecule has 4 nitrogen and oxygen atoms in total. The first-order valence-corrected chi connectivity index (χ1v) is 5.19. The van der Waals surface area contributed by atoms with Gasteiger partial charge in [-0.15, -0.1) is 0 Å². The topological polar surface area (TPSA) is 63.6 Å². The lowest BCUT2D eigenvalue weighted by Crippen LogP contribution is -2.12. The Labute approximate surface area is 96.8 Å². The van der Waals surface area contributed by atoms with E-state index in [1.54, 1.807) is 0 Å². The highest BCUT2D eigenvalue weighted by molar-refractivity contribution is 6.40. The van der Waals surface area contributed by atoms with Crippen LogP contribution in [0.2, 0.25) is 5.02 Å². The average Bonchev–Trinajstić information content (AvgIpc) is 3.03. The van der Waals surface area contributed by atoms with Gasteiger partial charge < -0.3 is 9.84 Å². The van der Waals surface area contributed by atoms with Crippen LogP contribution in [0.1, 0.15) is 23.2 Å². The van der Waals surface area contributed by atoms with Crippen molar-refractivity contribution in [1.82, 2.24) is 0 Å². The quantitative estimate of drug-likeness (QED) is 0.647. The minimum Gasteiger partial charge on any atom is -0.489 e. The molecule has 16 heavy (non-hydrogen) atoms. The predicted octanol–water partition coefficient (Wildman–Crippen LogP) is 2.15. The monoisotopic (exact) mass is 240 g/mol. The number of carbonyl (C=O) groups excluding carboxylic acids is 1. The summed E-state index contributed by atoms with van der Waals surface area (Å²) >= 11 is 5.88. The molecular weight excluding hydrogens is 232 g/mol. The van der Waals surface area contributed by atoms with Crippen molar-refractivity contribution in [2.75, 3.05) is 0 Å². The molecule has 1 aliphatic carbocycles. The fourth-order valence-corrected chi connectivity index (χ4v) is 1.45. The molecule has 1 aromatic carbocycles. The molecule has 5 heteroatoms. The Morgan fingerprint density at radius 1 is 1.38 bits per heavy atom. The van der Waals surface area contributed by atoms with Crippen LogP contribution in [0, 0.1) is 0 Å². The van der Waals surface area contributed by atoms with Gasteiger partial charge in [0.15, 0.2) is 0 Å². The zero-order valence-corrected chi connectivity index (χ0v) is 9.03. The van der Waals surface area contributed by atoms with E-state index in [1.807, 2.05) is 0 Å². The van der Waals surface area contributed by atoms with E-state index in [2.05, 4.69) is 0 Å². The molecule has 84 valence electrons. The Morgan fingerprint density at radius 3 is 2.56 bits per heavy atom. The Morgan fingerprint density at radius 2 is 2.06 bits per heavy atom. The van der Waals surface area contributed by atoms with E-state index in [0.717, 1.165) is 12.8 Å². The molecule has 0 heterocycles. The zero-order chi connectivity index (χ0) is 11.7. The zero-order valence-electron chi connectivity index (χ0n) is 8.27. The number of halogens is 1. The molecule has 1 saturated carbocycles. The molecule has 1 aromatic rings. The maximum atomic E-state index is 11.1. The average molecular weight is 241 g/mol. The highest BCUT2D eigenvalue weighted by Crippen LogP contribution is 2.32. The van der Waals surface area contributed by atoms with Gasteiger partial charge in [-0.2, -0.15) is 0 Å². The number of carboxylic acids is 1. The van der Waals surface area contributed by atoms with E-state index in [9.17, 15) is 9.59 Å². The standard InChI is InChI=1S/C11H9ClO4/c12-8-5-6(10(13)11(14)15)1-4-9(8)16-7-2-3-7/h1,4-5,7H,2-3H2,(H,14,15). The lowest BCUT2D eigenvalue weighted by atomic mass is 10.1. The summed E-state index contributed by atoms with van der Waals surface area (Å²) < 4.78 is 5.46. The highest BCUT2D eigenvalue weighted by Gasteiger charge is 2.25. The molecule has 0 unspecified atom stereocenters. The van der Waals surface area contributed by atoms with Crippen molar-refractivity contribution in [2.24, 2.45) is 0 Å². The van der Waals surface area contributed by atoms with Crippen molar-refractivity contribution in [1.29, 1.82) is 0 Å². The van der Waals surface area contributed by atoms with E-state index in [-0.39, 0.29) is 16.7 Å². The minimum atomic E-state index is -1.49. The Hall–Kier alpha value is -1.55. The molecule has 0 radical (unpaired) electrons. The van der Waals surface area contributed by atoms with Gasteiger partial charge in [0, 0.05) is 5.56 Å². The molecule has 0 bridgehead atoms. The first-order valence-electron chi connectivity index (χ1n) is 4.82. The molecule has 1 aliphatic rings. The summed E-state index contributed by atoms with van der Waals surface area (Å²) in [4.78, 5) is 21.6. The van der Waals surface area contributed by atoms with E-state index in [1.165, 1.54) is 18.2 Å². The lowest BCUT2D eigenvalue weighted by Gasteiger charge is -2.07. The predicted molar refractivity (Wildman–Crippen MR) is 57.1 cm³/mol. The first-order chi connectivity index (χ1) is 7.58. The number of carboxylic acid groups (broad SMARTS) is 1. The second-order valence-electron chi connectivity index (χ2n) is 3.60. The van der Waals surface area contributed by atoms with Crippen LogP contribution in [0.25, 0.3) is 0 Å². The number of ether oxygens (including phenoxy) is 1. The smallest absolute Gasteiger partial charge is 0.377 e. The molecule has 0 saturated heterocycles. The second-order valence-corrected chi connectivity index (χ2v) is 4.00. The van der Waals surface area contributed by atoms with Crippen LogP contribution in [0.5, 0.6) is 5.75 Å². The number of aliphatic carboxylic acids is 1. The number of benzene rings is 1. The molecule has 0 aliphatic heterocycles. The van der Waals surface area contributed by atoms with Gasteiger partial charge >= 0.3 is 5.97 Å². The Bertz CT molecular complexity index is 451. The molecule has 0 aromatic heterocycles. The first kappa shape index (κ1) is 11.0. The van der Waals surface area contributed by atoms with Crippen LogP contribution in [0.3, 0.4) is 0 Å². The normalized spacial score (nSPS) is 14.6. The van der Waals surface area contributed by atoms with Crippen LogP contribution in [-0.4, -0.2) is 23.0 Å². The number of hydrogen-bond donors (Lipinski definition) is 1. The van der Waals surface area contributed by atoms with Crippen molar-refractivity contribution in [3.05, 3.63) is 28.8 Å². The summed E-state index contributed by atoms with van der Waals surface area (Å²) in [5.74, 6) is -1.97. The molecule has 0 spiro atoms. The fraction of sp³-hybridized carbons (Fsp3) is 0.273. The number of carbonyl (C=O) groups is 2. The number of ketones is 1. The summed E-state index contributed by atoms with van der Waals surface area (Å²) in [6, 6.07) is 4.24. The fourth-order valence-electron chi connectivity index (χ4n) is 1.23. The Kier molecular flexibility index (Phi) is 2.83.